The Kier molecular flexibility index (Phi) is 50.9. The maximum Gasteiger partial charge on any atom is 0.470 e. The van der Waals surface area contributed by atoms with Crippen molar-refractivity contribution in [2.24, 2.45) is 0 Å². The molecule has 0 aromatic rings. The highest BCUT2D eigenvalue weighted by molar-refractivity contribution is 7.46. The van der Waals surface area contributed by atoms with Gasteiger partial charge in [-0.15, -0.1) is 0 Å². The van der Waals surface area contributed by atoms with Gasteiger partial charge in [0, 0.05) is 19.4 Å². The van der Waals surface area contributed by atoms with Gasteiger partial charge in [-0.05, 0) is 38.5 Å². The highest BCUT2D eigenvalue weighted by Gasteiger charge is 2.51. The Morgan fingerprint density at radius 1 is 0.473 bits per heavy atom. The van der Waals surface area contributed by atoms with Crippen LogP contribution in [0.4, 0.5) is 0 Å². The van der Waals surface area contributed by atoms with E-state index in [4.69, 9.17) is 33.3 Å². The molecule has 2 amide bonds. The molecule has 0 saturated carbocycles. The summed E-state index contributed by atoms with van der Waals surface area (Å²) in [5.74, 6) is -2.45. The molecular weight excluding hydrogens is 1190 g/mol. The Labute approximate surface area is 548 Å². The van der Waals surface area contributed by atoms with Crippen molar-refractivity contribution < 1.29 is 92.4 Å². The first-order valence-electron chi connectivity index (χ1n) is 36.6. The number of aliphatic hydroxyl groups is 5. The lowest BCUT2D eigenvalue weighted by Crippen LogP contribution is -2.67. The smallest absolute Gasteiger partial charge is 0.470 e. The van der Waals surface area contributed by atoms with Gasteiger partial charge in [0.25, 0.3) is 0 Å². The molecule has 12 atom stereocenters. The summed E-state index contributed by atoms with van der Waals surface area (Å²) in [6.45, 7) is 5.24. The molecule has 0 bridgehead atoms. The normalized spacial score (nSPS) is 22.6. The maximum absolute atomic E-state index is 14.1. The van der Waals surface area contributed by atoms with E-state index in [0.717, 1.165) is 141 Å². The number of hydrogen-bond acceptors (Lipinski definition) is 16. The molecular formula is C69H131N2O19P. The SMILES string of the molecule is CCCCCCCCCCCC(=O)O[C@H](CCCCCCCCCCC)CC(=O)N[C@H]1[C@H](OC[C@H]2O[C@H](OCCCCCCCCCCCCCCCCC(=O)O)[C@H](NC(=O)C[C@H](O)CCCCCCCCCCC)[C@@H](O)[C@@H]2O)O[C@H](CO)[C@@H](OP(=O)(O)O)[C@@H]1O. The third-order valence-corrected chi connectivity index (χ3v) is 18.4. The van der Waals surface area contributed by atoms with E-state index in [9.17, 15) is 59.1 Å². The van der Waals surface area contributed by atoms with Crippen LogP contribution in [0.2, 0.25) is 0 Å². The van der Waals surface area contributed by atoms with E-state index in [1.54, 1.807) is 0 Å². The number of hydrogen-bond donors (Lipinski definition) is 10. The number of carboxylic acid groups (broad SMARTS) is 1. The number of carbonyl (C=O) groups is 4. The van der Waals surface area contributed by atoms with Gasteiger partial charge >= 0.3 is 19.8 Å². The number of ether oxygens (including phenoxy) is 5. The third kappa shape index (κ3) is 42.7. The number of amides is 2. The first-order chi connectivity index (χ1) is 43.9. The Bertz CT molecular complexity index is 1850. The minimum absolute atomic E-state index is 0.171. The number of phosphoric acid groups is 1. The Morgan fingerprint density at radius 2 is 0.857 bits per heavy atom. The second-order valence-corrected chi connectivity index (χ2v) is 27.5. The molecule has 0 aliphatic carbocycles. The van der Waals surface area contributed by atoms with Gasteiger partial charge in [0.1, 0.15) is 54.8 Å². The topological polar surface area (TPSA) is 327 Å². The number of aliphatic carboxylic acids is 1. The lowest BCUT2D eigenvalue weighted by atomic mass is 9.95. The molecule has 2 aliphatic heterocycles. The van der Waals surface area contributed by atoms with E-state index >= 15 is 0 Å². The van der Waals surface area contributed by atoms with Crippen LogP contribution < -0.4 is 10.6 Å². The molecule has 2 aliphatic rings. The first kappa shape index (κ1) is 84.7. The summed E-state index contributed by atoms with van der Waals surface area (Å²) in [6, 6.07) is -2.90. The third-order valence-electron chi connectivity index (χ3n) is 17.8. The molecule has 10 N–H and O–H groups in total. The van der Waals surface area contributed by atoms with Crippen molar-refractivity contribution in [2.45, 2.75) is 396 Å². The van der Waals surface area contributed by atoms with Crippen LogP contribution in [0.15, 0.2) is 0 Å². The Hall–Kier alpha value is -2.37. The number of aliphatic hydroxyl groups excluding tert-OH is 5. The fraction of sp³-hybridized carbons (Fsp3) is 0.942. The number of rotatable bonds is 61. The predicted molar refractivity (Wildman–Crippen MR) is 353 cm³/mol. The highest BCUT2D eigenvalue weighted by Crippen LogP contribution is 2.42. The fourth-order valence-electron chi connectivity index (χ4n) is 12.3. The molecule has 2 rings (SSSR count). The van der Waals surface area contributed by atoms with Crippen molar-refractivity contribution >= 4 is 31.6 Å². The second-order valence-electron chi connectivity index (χ2n) is 26.3. The first-order valence-corrected chi connectivity index (χ1v) is 38.1. The Balaban J connectivity index is 2.21. The van der Waals surface area contributed by atoms with E-state index in [1.165, 1.54) is 103 Å². The zero-order chi connectivity index (χ0) is 66.7. The van der Waals surface area contributed by atoms with Crippen molar-refractivity contribution in [3.05, 3.63) is 0 Å². The number of carbonyl (C=O) groups excluding carboxylic acids is 3. The average Bonchev–Trinajstić information content (AvgIpc) is 2.46. The zero-order valence-corrected chi connectivity index (χ0v) is 57.7. The number of unbranched alkanes of at least 4 members (excludes halogenated alkanes) is 37. The lowest BCUT2D eigenvalue weighted by molar-refractivity contribution is -0.302. The number of phosphoric ester groups is 1. The molecule has 0 aromatic heterocycles. The number of nitrogens with one attached hydrogen (secondary N) is 2. The summed E-state index contributed by atoms with van der Waals surface area (Å²) in [5.41, 5.74) is 0. The molecule has 2 saturated heterocycles. The van der Waals surface area contributed by atoms with Gasteiger partial charge in [-0.3, -0.25) is 23.7 Å². The molecule has 0 unspecified atom stereocenters. The molecule has 536 valence electrons. The van der Waals surface area contributed by atoms with Crippen molar-refractivity contribution in [3.63, 3.8) is 0 Å². The van der Waals surface area contributed by atoms with Gasteiger partial charge in [0.2, 0.25) is 11.8 Å². The molecule has 0 aromatic carbocycles. The van der Waals surface area contributed by atoms with E-state index < -0.39 is 118 Å². The van der Waals surface area contributed by atoms with E-state index in [2.05, 4.69) is 31.4 Å². The summed E-state index contributed by atoms with van der Waals surface area (Å²) in [7, 11) is -5.33. The summed E-state index contributed by atoms with van der Waals surface area (Å²) >= 11 is 0. The van der Waals surface area contributed by atoms with Crippen LogP contribution in [0.5, 0.6) is 0 Å². The maximum atomic E-state index is 14.1. The van der Waals surface area contributed by atoms with Crippen LogP contribution in [-0.2, 0) is 52.0 Å². The molecule has 2 heterocycles. The van der Waals surface area contributed by atoms with Crippen molar-refractivity contribution in [3.8, 4) is 0 Å². The Morgan fingerprint density at radius 3 is 1.31 bits per heavy atom. The van der Waals surface area contributed by atoms with Gasteiger partial charge in [-0.2, -0.15) is 0 Å². The van der Waals surface area contributed by atoms with Crippen molar-refractivity contribution in [1.82, 2.24) is 10.6 Å². The number of esters is 1. The quantitative estimate of drug-likeness (QED) is 0.0154. The molecule has 22 heteroatoms. The molecule has 0 spiro atoms. The standard InChI is InChI=1S/C69H131N2O19P/c1-4-7-10-13-16-25-30-35-40-45-54(73)50-58(74)70-62-65(80)64(79)57(89-68(62)85-49-44-39-34-29-24-22-20-19-21-23-28-32-37-42-47-60(76)77)53-86-69-63(66(81)67(56(52-72)88-69)90-91(82,83)84)71-59(75)51-55(46-41-36-31-26-17-14-11-8-5-2)87-61(78)48-43-38-33-27-18-15-12-9-6-3/h54-57,62-69,72-73,79-81H,4-53H2,1-3H3,(H,70,74)(H,71,75)(H,76,77)(H2,82,83,84)/t54-,55-,56-,57-,62-,63-,64-,65-,66-,67-,68+,69-/m1/s1. The largest absolute Gasteiger partial charge is 0.481 e. The number of carboxylic acids is 1. The summed E-state index contributed by atoms with van der Waals surface area (Å²) in [6.07, 6.45) is 29.1. The molecule has 21 nitrogen and oxygen atoms in total. The lowest BCUT2D eigenvalue weighted by Gasteiger charge is -2.45. The monoisotopic (exact) mass is 1320 g/mol. The average molecular weight is 1320 g/mol. The van der Waals surface area contributed by atoms with Crippen LogP contribution in [0.1, 0.15) is 323 Å². The van der Waals surface area contributed by atoms with Crippen LogP contribution in [0, 0.1) is 0 Å². The van der Waals surface area contributed by atoms with Crippen LogP contribution >= 0.6 is 7.82 Å². The fourth-order valence-corrected chi connectivity index (χ4v) is 12.9. The minimum Gasteiger partial charge on any atom is -0.481 e. The van der Waals surface area contributed by atoms with Crippen molar-refractivity contribution in [2.75, 3.05) is 19.8 Å². The minimum atomic E-state index is -5.33. The highest BCUT2D eigenvalue weighted by atomic mass is 31.2. The van der Waals surface area contributed by atoms with E-state index in [1.807, 2.05) is 0 Å². The van der Waals surface area contributed by atoms with E-state index in [-0.39, 0.29) is 32.3 Å². The van der Waals surface area contributed by atoms with Crippen molar-refractivity contribution in [1.29, 1.82) is 0 Å². The summed E-state index contributed by atoms with van der Waals surface area (Å²) < 4.78 is 47.7. The zero-order valence-electron chi connectivity index (χ0n) is 56.8. The van der Waals surface area contributed by atoms with Crippen LogP contribution in [0.3, 0.4) is 0 Å². The molecule has 91 heavy (non-hydrogen) atoms. The predicted octanol–water partition coefficient (Wildman–Crippen LogP) is 12.7. The summed E-state index contributed by atoms with van der Waals surface area (Å²) in [4.78, 5) is 71.4. The van der Waals surface area contributed by atoms with Gasteiger partial charge < -0.3 is 74.7 Å². The van der Waals surface area contributed by atoms with Gasteiger partial charge in [-0.1, -0.05) is 258 Å². The molecule has 0 radical (unpaired) electrons. The van der Waals surface area contributed by atoms with Gasteiger partial charge in [-0.25, -0.2) is 4.57 Å². The van der Waals surface area contributed by atoms with Crippen LogP contribution in [0.25, 0.3) is 0 Å². The molecule has 2 fully saturated rings. The van der Waals surface area contributed by atoms with Gasteiger partial charge in [0.15, 0.2) is 12.6 Å². The van der Waals surface area contributed by atoms with Gasteiger partial charge in [0.05, 0.1) is 32.2 Å². The van der Waals surface area contributed by atoms with E-state index in [0.29, 0.717) is 32.1 Å². The second kappa shape index (κ2) is 54.7. The van der Waals surface area contributed by atoms with Crippen LogP contribution in [-0.4, -0.2) is 157 Å². The summed E-state index contributed by atoms with van der Waals surface area (Å²) in [5, 5.41) is 70.7.